The van der Waals surface area contributed by atoms with Crippen LogP contribution in [0.15, 0.2) is 30.3 Å². The normalized spacial score (nSPS) is 24.0. The molecule has 1 atom stereocenters. The minimum absolute atomic E-state index is 0.0688. The molecule has 2 aliphatic rings. The van der Waals surface area contributed by atoms with E-state index < -0.39 is 5.41 Å². The summed E-state index contributed by atoms with van der Waals surface area (Å²) in [6.07, 6.45) is 3.00. The van der Waals surface area contributed by atoms with Gasteiger partial charge < -0.3 is 19.7 Å². The molecule has 0 amide bonds. The number of ether oxygens (including phenoxy) is 2. The molecule has 0 aromatic heterocycles. The fourth-order valence-corrected chi connectivity index (χ4v) is 3.93. The molecule has 2 fully saturated rings. The summed E-state index contributed by atoms with van der Waals surface area (Å²) in [6, 6.07) is 10.1. The van der Waals surface area contributed by atoms with Crippen LogP contribution >= 0.6 is 0 Å². The van der Waals surface area contributed by atoms with Gasteiger partial charge in [0.1, 0.15) is 0 Å². The van der Waals surface area contributed by atoms with Crippen LogP contribution in [0.2, 0.25) is 0 Å². The van der Waals surface area contributed by atoms with Crippen molar-refractivity contribution < 1.29 is 14.3 Å². The quantitative estimate of drug-likeness (QED) is 0.798. The van der Waals surface area contributed by atoms with Crippen molar-refractivity contribution in [1.82, 2.24) is 10.2 Å². The molecule has 1 aromatic carbocycles. The van der Waals surface area contributed by atoms with Crippen molar-refractivity contribution in [3.8, 4) is 0 Å². The Morgan fingerprint density at radius 3 is 2.72 bits per heavy atom. The summed E-state index contributed by atoms with van der Waals surface area (Å²) in [5, 5.41) is 3.38. The van der Waals surface area contributed by atoms with Gasteiger partial charge in [0.05, 0.1) is 24.7 Å². The number of nitrogens with zero attached hydrogens (tertiary/aromatic N) is 1. The van der Waals surface area contributed by atoms with Gasteiger partial charge in [0, 0.05) is 19.6 Å². The average molecular weight is 346 g/mol. The zero-order valence-corrected chi connectivity index (χ0v) is 15.2. The number of piperidine rings is 1. The number of hydrogen-bond donors (Lipinski definition) is 1. The molecule has 0 aliphatic carbocycles. The van der Waals surface area contributed by atoms with Crippen LogP contribution in [0.5, 0.6) is 0 Å². The third-order valence-electron chi connectivity index (χ3n) is 5.47. The maximum atomic E-state index is 12.8. The molecule has 1 N–H and O–H groups in total. The predicted octanol–water partition coefficient (Wildman–Crippen LogP) is 1.96. The van der Waals surface area contributed by atoms with E-state index in [1.54, 1.807) is 0 Å². The van der Waals surface area contributed by atoms with E-state index in [0.717, 1.165) is 64.2 Å². The summed E-state index contributed by atoms with van der Waals surface area (Å²) < 4.78 is 11.2. The molecule has 0 saturated carbocycles. The summed E-state index contributed by atoms with van der Waals surface area (Å²) in [4.78, 5) is 15.2. The van der Waals surface area contributed by atoms with Gasteiger partial charge in [0.15, 0.2) is 0 Å². The lowest BCUT2D eigenvalue weighted by atomic mass is 9.72. The van der Waals surface area contributed by atoms with Crippen LogP contribution in [0.1, 0.15) is 31.7 Å². The van der Waals surface area contributed by atoms with Gasteiger partial charge >= 0.3 is 5.97 Å². The second kappa shape index (κ2) is 8.79. The number of likely N-dealkylation sites (tertiary alicyclic amines) is 1. The minimum atomic E-state index is -0.489. The van der Waals surface area contributed by atoms with E-state index in [0.29, 0.717) is 12.7 Å². The Balaban J connectivity index is 1.60. The Kier molecular flexibility index (Phi) is 6.45. The van der Waals surface area contributed by atoms with E-state index in [-0.39, 0.29) is 5.97 Å². The first-order chi connectivity index (χ1) is 12.2. The molecule has 0 spiro atoms. The average Bonchev–Trinajstić information content (AvgIpc) is 2.68. The van der Waals surface area contributed by atoms with Crippen LogP contribution in [0.3, 0.4) is 0 Å². The van der Waals surface area contributed by atoms with Crippen molar-refractivity contribution in [2.75, 3.05) is 45.9 Å². The minimum Gasteiger partial charge on any atom is -0.465 e. The highest BCUT2D eigenvalue weighted by Crippen LogP contribution is 2.37. The Labute approximate surface area is 150 Å². The first kappa shape index (κ1) is 18.4. The molecule has 3 rings (SSSR count). The molecular formula is C20H30N2O3. The van der Waals surface area contributed by atoms with E-state index in [4.69, 9.17) is 9.47 Å². The number of hydrogen-bond acceptors (Lipinski definition) is 5. The van der Waals surface area contributed by atoms with Gasteiger partial charge in [-0.3, -0.25) is 4.79 Å². The van der Waals surface area contributed by atoms with Gasteiger partial charge in [0.2, 0.25) is 0 Å². The molecule has 138 valence electrons. The van der Waals surface area contributed by atoms with Crippen molar-refractivity contribution in [2.24, 2.45) is 0 Å². The zero-order valence-electron chi connectivity index (χ0n) is 15.2. The third kappa shape index (κ3) is 4.40. The Bertz CT molecular complexity index is 535. The molecular weight excluding hydrogens is 316 g/mol. The number of morpholine rings is 1. The standard InChI is InChI=1S/C20H30N2O3/c1-2-24-19(23)20(17-6-4-3-5-7-17)9-13-22(14-10-20)12-8-18-16-21-11-15-25-18/h3-7,18,21H,2,8-16H2,1H3. The van der Waals surface area contributed by atoms with Gasteiger partial charge in [-0.25, -0.2) is 0 Å². The second-order valence-corrected chi connectivity index (χ2v) is 7.00. The molecule has 0 radical (unpaired) electrons. The number of carbonyl (C=O) groups is 1. The highest BCUT2D eigenvalue weighted by Gasteiger charge is 2.44. The van der Waals surface area contributed by atoms with Crippen molar-refractivity contribution in [2.45, 2.75) is 37.7 Å². The topological polar surface area (TPSA) is 50.8 Å². The Morgan fingerprint density at radius 2 is 2.08 bits per heavy atom. The van der Waals surface area contributed by atoms with Crippen LogP contribution in [-0.4, -0.2) is 62.9 Å². The summed E-state index contributed by atoms with van der Waals surface area (Å²) in [7, 11) is 0. The van der Waals surface area contributed by atoms with Gasteiger partial charge in [0.25, 0.3) is 0 Å². The van der Waals surface area contributed by atoms with E-state index in [1.807, 2.05) is 25.1 Å². The van der Waals surface area contributed by atoms with E-state index in [1.165, 1.54) is 0 Å². The van der Waals surface area contributed by atoms with Crippen LogP contribution in [0.25, 0.3) is 0 Å². The smallest absolute Gasteiger partial charge is 0.316 e. The van der Waals surface area contributed by atoms with Crippen LogP contribution in [0, 0.1) is 0 Å². The molecule has 2 heterocycles. The monoisotopic (exact) mass is 346 g/mol. The lowest BCUT2D eigenvalue weighted by Crippen LogP contribution is -2.49. The zero-order chi connectivity index (χ0) is 17.5. The molecule has 25 heavy (non-hydrogen) atoms. The molecule has 5 heteroatoms. The highest BCUT2D eigenvalue weighted by molar-refractivity contribution is 5.83. The van der Waals surface area contributed by atoms with Crippen molar-refractivity contribution in [3.05, 3.63) is 35.9 Å². The molecule has 2 saturated heterocycles. The fraction of sp³-hybridized carbons (Fsp3) is 0.650. The van der Waals surface area contributed by atoms with Crippen LogP contribution in [-0.2, 0) is 19.7 Å². The summed E-state index contributed by atoms with van der Waals surface area (Å²) in [5.74, 6) is -0.0688. The lowest BCUT2D eigenvalue weighted by Gasteiger charge is -2.40. The SMILES string of the molecule is CCOC(=O)C1(c2ccccc2)CCN(CCC2CNCCO2)CC1. The molecule has 5 nitrogen and oxygen atoms in total. The molecule has 2 aliphatic heterocycles. The van der Waals surface area contributed by atoms with Gasteiger partial charge in [-0.05, 0) is 44.8 Å². The van der Waals surface area contributed by atoms with Crippen LogP contribution < -0.4 is 5.32 Å². The number of rotatable bonds is 6. The highest BCUT2D eigenvalue weighted by atomic mass is 16.5. The first-order valence-corrected chi connectivity index (χ1v) is 9.52. The van der Waals surface area contributed by atoms with Crippen LogP contribution in [0.4, 0.5) is 0 Å². The fourth-order valence-electron chi connectivity index (χ4n) is 3.93. The maximum Gasteiger partial charge on any atom is 0.316 e. The second-order valence-electron chi connectivity index (χ2n) is 7.00. The third-order valence-corrected chi connectivity index (χ3v) is 5.47. The van der Waals surface area contributed by atoms with Gasteiger partial charge in [-0.15, -0.1) is 0 Å². The number of esters is 1. The Hall–Kier alpha value is -1.43. The Morgan fingerprint density at radius 1 is 1.32 bits per heavy atom. The van der Waals surface area contributed by atoms with Crippen molar-refractivity contribution >= 4 is 5.97 Å². The van der Waals surface area contributed by atoms with Crippen molar-refractivity contribution in [3.63, 3.8) is 0 Å². The maximum absolute atomic E-state index is 12.8. The number of benzene rings is 1. The molecule has 1 unspecified atom stereocenters. The predicted molar refractivity (Wildman–Crippen MR) is 97.7 cm³/mol. The van der Waals surface area contributed by atoms with E-state index in [2.05, 4.69) is 22.3 Å². The first-order valence-electron chi connectivity index (χ1n) is 9.52. The van der Waals surface area contributed by atoms with E-state index in [9.17, 15) is 4.79 Å². The van der Waals surface area contributed by atoms with Gasteiger partial charge in [-0.1, -0.05) is 30.3 Å². The summed E-state index contributed by atoms with van der Waals surface area (Å²) in [5.41, 5.74) is 0.601. The van der Waals surface area contributed by atoms with Gasteiger partial charge in [-0.2, -0.15) is 0 Å². The molecule has 0 bridgehead atoms. The summed E-state index contributed by atoms with van der Waals surface area (Å²) >= 11 is 0. The summed E-state index contributed by atoms with van der Waals surface area (Å²) in [6.45, 7) is 7.91. The molecule has 1 aromatic rings. The number of carbonyl (C=O) groups excluding carboxylic acids is 1. The van der Waals surface area contributed by atoms with E-state index >= 15 is 0 Å². The largest absolute Gasteiger partial charge is 0.465 e. The number of nitrogens with one attached hydrogen (secondary N) is 1. The van der Waals surface area contributed by atoms with Crippen molar-refractivity contribution in [1.29, 1.82) is 0 Å². The lowest BCUT2D eigenvalue weighted by molar-refractivity contribution is -0.152.